The number of nitrogens with zero attached hydrogens (tertiary/aromatic N) is 1. The number of nitrogens with one attached hydrogen (secondary N) is 1. The number of halogens is 1. The highest BCUT2D eigenvalue weighted by Crippen LogP contribution is 2.17. The molecule has 1 heterocycles. The fourth-order valence-electron chi connectivity index (χ4n) is 1.39. The number of anilines is 1. The highest BCUT2D eigenvalue weighted by atomic mass is 32.2. The lowest BCUT2D eigenvalue weighted by Crippen LogP contribution is -2.13. The number of ether oxygens (including phenoxy) is 1. The van der Waals surface area contributed by atoms with E-state index in [0.717, 1.165) is 12.1 Å². The molecule has 0 saturated heterocycles. The van der Waals surface area contributed by atoms with Gasteiger partial charge in [-0.3, -0.25) is 4.72 Å². The molecule has 1 N–H and O–H groups in total. The van der Waals surface area contributed by atoms with Crippen LogP contribution in [-0.4, -0.2) is 20.5 Å². The first-order valence-electron chi connectivity index (χ1n) is 5.30. The zero-order valence-electron chi connectivity index (χ0n) is 10.00. The maximum atomic E-state index is 12.7. The number of aromatic nitrogens is 1. The molecule has 7 heteroatoms. The van der Waals surface area contributed by atoms with E-state index in [1.165, 1.54) is 37.6 Å². The van der Waals surface area contributed by atoms with Gasteiger partial charge in [-0.15, -0.1) is 0 Å². The average molecular weight is 282 g/mol. The quantitative estimate of drug-likeness (QED) is 0.931. The second-order valence-electron chi connectivity index (χ2n) is 3.65. The van der Waals surface area contributed by atoms with Gasteiger partial charge in [0.05, 0.1) is 23.9 Å². The van der Waals surface area contributed by atoms with Crippen LogP contribution in [0.15, 0.2) is 47.5 Å². The molecule has 0 aliphatic rings. The summed E-state index contributed by atoms with van der Waals surface area (Å²) in [6.07, 6.45) is 1.33. The predicted molar refractivity (Wildman–Crippen MR) is 68.0 cm³/mol. The number of sulfonamides is 1. The minimum Gasteiger partial charge on any atom is -0.481 e. The summed E-state index contributed by atoms with van der Waals surface area (Å²) in [5.41, 5.74) is 0.296. The number of pyridine rings is 1. The van der Waals surface area contributed by atoms with Gasteiger partial charge in [0.1, 0.15) is 5.82 Å². The van der Waals surface area contributed by atoms with Gasteiger partial charge in [-0.1, -0.05) is 0 Å². The Morgan fingerprint density at radius 2 is 1.84 bits per heavy atom. The zero-order chi connectivity index (χ0) is 13.9. The Labute approximate surface area is 110 Å². The molecule has 0 atom stereocenters. The number of benzene rings is 1. The van der Waals surface area contributed by atoms with Crippen LogP contribution < -0.4 is 9.46 Å². The molecular formula is C12H11FN2O3S. The van der Waals surface area contributed by atoms with Crippen molar-refractivity contribution in [1.29, 1.82) is 0 Å². The molecule has 1 aromatic carbocycles. The summed E-state index contributed by atoms with van der Waals surface area (Å²) in [5.74, 6) is -0.116. The van der Waals surface area contributed by atoms with E-state index in [9.17, 15) is 12.8 Å². The topological polar surface area (TPSA) is 68.3 Å². The van der Waals surface area contributed by atoms with E-state index in [0.29, 0.717) is 11.6 Å². The van der Waals surface area contributed by atoms with Gasteiger partial charge in [0.25, 0.3) is 10.0 Å². The van der Waals surface area contributed by atoms with Crippen LogP contribution in [0.25, 0.3) is 0 Å². The first-order valence-corrected chi connectivity index (χ1v) is 6.78. The average Bonchev–Trinajstić information content (AvgIpc) is 2.40. The lowest BCUT2D eigenvalue weighted by molar-refractivity contribution is 0.398. The second-order valence-corrected chi connectivity index (χ2v) is 5.33. The van der Waals surface area contributed by atoms with Crippen LogP contribution in [0.1, 0.15) is 0 Å². The van der Waals surface area contributed by atoms with E-state index >= 15 is 0 Å². The molecule has 0 bridgehead atoms. The highest BCUT2D eigenvalue weighted by molar-refractivity contribution is 7.92. The van der Waals surface area contributed by atoms with Crippen LogP contribution in [0.3, 0.4) is 0 Å². The van der Waals surface area contributed by atoms with Gasteiger partial charge in [0.15, 0.2) is 0 Å². The van der Waals surface area contributed by atoms with Crippen molar-refractivity contribution < 1.29 is 17.5 Å². The van der Waals surface area contributed by atoms with Crippen molar-refractivity contribution in [3.05, 3.63) is 48.4 Å². The third-order valence-corrected chi connectivity index (χ3v) is 3.72. The lowest BCUT2D eigenvalue weighted by atomic mass is 10.4. The molecule has 0 aliphatic heterocycles. The molecule has 0 unspecified atom stereocenters. The minimum absolute atomic E-state index is 0.0234. The molecule has 2 rings (SSSR count). The summed E-state index contributed by atoms with van der Waals surface area (Å²) in [6.45, 7) is 0. The zero-order valence-corrected chi connectivity index (χ0v) is 10.8. The second kappa shape index (κ2) is 5.23. The van der Waals surface area contributed by atoms with Crippen LogP contribution in [0, 0.1) is 5.82 Å². The van der Waals surface area contributed by atoms with Crippen molar-refractivity contribution in [3.8, 4) is 5.88 Å². The summed E-state index contributed by atoms with van der Waals surface area (Å²) in [5, 5.41) is 0. The summed E-state index contributed by atoms with van der Waals surface area (Å²) in [4.78, 5) is 3.86. The van der Waals surface area contributed by atoms with Gasteiger partial charge in [0, 0.05) is 6.07 Å². The van der Waals surface area contributed by atoms with E-state index in [4.69, 9.17) is 4.74 Å². The number of hydrogen-bond donors (Lipinski definition) is 1. The third kappa shape index (κ3) is 3.19. The number of rotatable bonds is 4. The van der Waals surface area contributed by atoms with Crippen LogP contribution in [-0.2, 0) is 10.0 Å². The Bertz CT molecular complexity index is 654. The fourth-order valence-corrected chi connectivity index (χ4v) is 2.43. The monoisotopic (exact) mass is 282 g/mol. The van der Waals surface area contributed by atoms with Gasteiger partial charge in [-0.2, -0.15) is 0 Å². The maximum absolute atomic E-state index is 12.7. The predicted octanol–water partition coefficient (Wildman–Crippen LogP) is 2.03. The van der Waals surface area contributed by atoms with Gasteiger partial charge < -0.3 is 4.74 Å². The van der Waals surface area contributed by atoms with Crippen LogP contribution in [0.4, 0.5) is 10.1 Å². The Balaban J connectivity index is 2.23. The van der Waals surface area contributed by atoms with Gasteiger partial charge in [0.2, 0.25) is 5.88 Å². The molecule has 0 saturated carbocycles. The summed E-state index contributed by atoms with van der Waals surface area (Å²) < 4.78 is 43.9. The van der Waals surface area contributed by atoms with Crippen LogP contribution >= 0.6 is 0 Å². The smallest absolute Gasteiger partial charge is 0.261 e. The standard InChI is InChI=1S/C12H11FN2O3S/c1-18-12-7-4-10(8-14-12)15-19(16,17)11-5-2-9(13)3-6-11/h2-8,15H,1H3. The van der Waals surface area contributed by atoms with Crippen molar-refractivity contribution in [1.82, 2.24) is 4.98 Å². The van der Waals surface area contributed by atoms with Crippen molar-refractivity contribution in [2.45, 2.75) is 4.90 Å². The Morgan fingerprint density at radius 1 is 1.16 bits per heavy atom. The largest absolute Gasteiger partial charge is 0.481 e. The summed E-state index contributed by atoms with van der Waals surface area (Å²) >= 11 is 0. The molecule has 0 radical (unpaired) electrons. The SMILES string of the molecule is COc1ccc(NS(=O)(=O)c2ccc(F)cc2)cn1. The minimum atomic E-state index is -3.75. The van der Waals surface area contributed by atoms with Crippen molar-refractivity contribution in [2.75, 3.05) is 11.8 Å². The van der Waals surface area contributed by atoms with E-state index in [1.54, 1.807) is 0 Å². The van der Waals surface area contributed by atoms with E-state index in [1.807, 2.05) is 0 Å². The van der Waals surface area contributed by atoms with Crippen LogP contribution in [0.5, 0.6) is 5.88 Å². The molecule has 0 spiro atoms. The number of methoxy groups -OCH3 is 1. The Hall–Kier alpha value is -2.15. The molecular weight excluding hydrogens is 271 g/mol. The molecule has 19 heavy (non-hydrogen) atoms. The first kappa shape index (κ1) is 13.3. The molecule has 0 aliphatic carbocycles. The van der Waals surface area contributed by atoms with Crippen molar-refractivity contribution in [2.24, 2.45) is 0 Å². The molecule has 5 nitrogen and oxygen atoms in total. The fraction of sp³-hybridized carbons (Fsp3) is 0.0833. The summed E-state index contributed by atoms with van der Waals surface area (Å²) in [6, 6.07) is 7.60. The van der Waals surface area contributed by atoms with E-state index in [-0.39, 0.29) is 4.90 Å². The van der Waals surface area contributed by atoms with Gasteiger partial charge in [-0.05, 0) is 30.3 Å². The Kier molecular flexibility index (Phi) is 3.66. The van der Waals surface area contributed by atoms with Gasteiger partial charge in [-0.25, -0.2) is 17.8 Å². The van der Waals surface area contributed by atoms with Crippen molar-refractivity contribution in [3.63, 3.8) is 0 Å². The lowest BCUT2D eigenvalue weighted by Gasteiger charge is -2.08. The highest BCUT2D eigenvalue weighted by Gasteiger charge is 2.14. The first-order chi connectivity index (χ1) is 9.01. The van der Waals surface area contributed by atoms with Crippen molar-refractivity contribution >= 4 is 15.7 Å². The van der Waals surface area contributed by atoms with Gasteiger partial charge >= 0.3 is 0 Å². The molecule has 1 aromatic heterocycles. The third-order valence-electron chi connectivity index (χ3n) is 2.32. The van der Waals surface area contributed by atoms with E-state index < -0.39 is 15.8 Å². The normalized spacial score (nSPS) is 11.1. The number of hydrogen-bond acceptors (Lipinski definition) is 4. The molecule has 0 amide bonds. The molecule has 100 valence electrons. The Morgan fingerprint density at radius 3 is 2.37 bits per heavy atom. The molecule has 0 fully saturated rings. The maximum Gasteiger partial charge on any atom is 0.261 e. The summed E-state index contributed by atoms with van der Waals surface area (Å²) in [7, 11) is -2.28. The van der Waals surface area contributed by atoms with Crippen LogP contribution in [0.2, 0.25) is 0 Å². The molecule has 2 aromatic rings. The van der Waals surface area contributed by atoms with E-state index in [2.05, 4.69) is 9.71 Å².